The topological polar surface area (TPSA) is 44.5 Å². The van der Waals surface area contributed by atoms with Crippen molar-refractivity contribution in [1.29, 1.82) is 0 Å². The van der Waals surface area contributed by atoms with Gasteiger partial charge in [0.25, 0.3) is 0 Å². The molecule has 0 radical (unpaired) electrons. The Labute approximate surface area is 102 Å². The lowest BCUT2D eigenvalue weighted by Gasteiger charge is -2.37. The van der Waals surface area contributed by atoms with Crippen LogP contribution in [0.3, 0.4) is 0 Å². The zero-order valence-electron chi connectivity index (χ0n) is 11.5. The average Bonchev–Trinajstić information content (AvgIpc) is 2.39. The Hall–Kier alpha value is 0.162. The van der Waals surface area contributed by atoms with E-state index in [1.54, 1.807) is 0 Å². The molecule has 0 saturated carbocycles. The van der Waals surface area contributed by atoms with Gasteiger partial charge in [0, 0.05) is 12.0 Å². The Kier molecular flexibility index (Phi) is 4.27. The molecule has 0 spiro atoms. The summed E-state index contributed by atoms with van der Waals surface area (Å²) < 4.78 is 11.9. The molecule has 5 heteroatoms. The third-order valence-electron chi connectivity index (χ3n) is 3.90. The summed E-state index contributed by atoms with van der Waals surface area (Å²) in [6.45, 7) is 11.9. The van der Waals surface area contributed by atoms with Gasteiger partial charge in [-0.2, -0.15) is 0 Å². The number of ether oxygens (including phenoxy) is 1. The second-order valence-electron chi connectivity index (χ2n) is 6.46. The van der Waals surface area contributed by atoms with Gasteiger partial charge >= 0.3 is 0 Å². The molecule has 1 aliphatic rings. The minimum absolute atomic E-state index is 0.0872. The minimum Gasteiger partial charge on any atom is -0.414 e. The van der Waals surface area contributed by atoms with Crippen LogP contribution < -0.4 is 5.73 Å². The normalized spacial score (nSPS) is 32.0. The van der Waals surface area contributed by atoms with E-state index in [1.165, 1.54) is 0 Å². The largest absolute Gasteiger partial charge is 0.414 e. The third-order valence-corrected chi connectivity index (χ3v) is 8.40. The monoisotopic (exact) mass is 243 g/mol. The van der Waals surface area contributed by atoms with Crippen molar-refractivity contribution in [3.63, 3.8) is 0 Å². The molecule has 1 rings (SSSR count). The zero-order chi connectivity index (χ0) is 12.6. The summed E-state index contributed by atoms with van der Waals surface area (Å²) >= 11 is 0. The first-order chi connectivity index (χ1) is 7.13. The Balaban J connectivity index is 2.46. The minimum atomic E-state index is -1.66. The smallest absolute Gasteiger partial charge is 0.192 e. The molecule has 0 bridgehead atoms. The molecule has 1 saturated heterocycles. The standard InChI is InChI=1S/C11H26BNO2Si/c1-11(2,3)16(4,5)14-7-9-8(13)6-10(12)15-9/h8-10H,6-7,12-13H2,1-5H3/t8?,9-,10-/m1/s1. The lowest BCUT2D eigenvalue weighted by atomic mass is 9.95. The maximum absolute atomic E-state index is 6.13. The van der Waals surface area contributed by atoms with Crippen LogP contribution in [0.25, 0.3) is 0 Å². The molecule has 16 heavy (non-hydrogen) atoms. The van der Waals surface area contributed by atoms with E-state index in [-0.39, 0.29) is 23.2 Å². The first-order valence-corrected chi connectivity index (χ1v) is 9.09. The summed E-state index contributed by atoms with van der Waals surface area (Å²) in [6, 6.07) is 0.419. The second kappa shape index (κ2) is 4.80. The molecule has 0 aromatic heterocycles. The van der Waals surface area contributed by atoms with Crippen molar-refractivity contribution in [2.45, 2.75) is 63.5 Å². The average molecular weight is 243 g/mol. The van der Waals surface area contributed by atoms with Gasteiger partial charge in [-0.05, 0) is 24.6 Å². The fourth-order valence-electron chi connectivity index (χ4n) is 1.66. The maximum atomic E-state index is 6.13. The summed E-state index contributed by atoms with van der Waals surface area (Å²) in [7, 11) is 0.416. The Morgan fingerprint density at radius 3 is 2.38 bits per heavy atom. The predicted molar refractivity (Wildman–Crippen MR) is 72.9 cm³/mol. The molecule has 1 fully saturated rings. The predicted octanol–water partition coefficient (Wildman–Crippen LogP) is 1.08. The second-order valence-corrected chi connectivity index (χ2v) is 11.3. The summed E-state index contributed by atoms with van der Waals surface area (Å²) in [5.41, 5.74) is 6.02. The molecule has 0 aliphatic carbocycles. The van der Waals surface area contributed by atoms with Gasteiger partial charge in [0.05, 0.1) is 12.7 Å². The lowest BCUT2D eigenvalue weighted by Crippen LogP contribution is -2.45. The Bertz CT molecular complexity index is 243. The number of rotatable bonds is 3. The first kappa shape index (κ1) is 14.2. The highest BCUT2D eigenvalue weighted by Gasteiger charge is 2.39. The quantitative estimate of drug-likeness (QED) is 0.754. The van der Waals surface area contributed by atoms with E-state index in [9.17, 15) is 0 Å². The van der Waals surface area contributed by atoms with Gasteiger partial charge in [-0.25, -0.2) is 0 Å². The molecule has 3 atom stereocenters. The molecule has 0 aromatic carbocycles. The molecule has 0 amide bonds. The van der Waals surface area contributed by atoms with Gasteiger partial charge in [-0.15, -0.1) is 0 Å². The fraction of sp³-hybridized carbons (Fsp3) is 1.00. The van der Waals surface area contributed by atoms with Crippen LogP contribution in [0.2, 0.25) is 18.1 Å². The molecule has 1 heterocycles. The van der Waals surface area contributed by atoms with Crippen LogP contribution in [0, 0.1) is 0 Å². The Morgan fingerprint density at radius 1 is 1.44 bits per heavy atom. The van der Waals surface area contributed by atoms with Crippen molar-refractivity contribution < 1.29 is 9.16 Å². The van der Waals surface area contributed by atoms with E-state index in [4.69, 9.17) is 14.9 Å². The highest BCUT2D eigenvalue weighted by molar-refractivity contribution is 6.74. The van der Waals surface area contributed by atoms with Crippen LogP contribution in [0.5, 0.6) is 0 Å². The summed E-state index contributed by atoms with van der Waals surface area (Å²) in [6.07, 6.45) is 1.04. The molecule has 2 N–H and O–H groups in total. The van der Waals surface area contributed by atoms with Crippen molar-refractivity contribution in [2.24, 2.45) is 5.73 Å². The van der Waals surface area contributed by atoms with Gasteiger partial charge in [0.15, 0.2) is 8.32 Å². The highest BCUT2D eigenvalue weighted by atomic mass is 28.4. The fourth-order valence-corrected chi connectivity index (χ4v) is 2.67. The van der Waals surface area contributed by atoms with Crippen molar-refractivity contribution in [2.75, 3.05) is 6.61 Å². The van der Waals surface area contributed by atoms with Gasteiger partial charge in [0.1, 0.15) is 7.85 Å². The SMILES string of the molecule is B[C@H]1CC(N)[C@@H](CO[Si](C)(C)C(C)(C)C)O1. The molecule has 1 aliphatic heterocycles. The molecule has 1 unspecified atom stereocenters. The highest BCUT2D eigenvalue weighted by Crippen LogP contribution is 2.37. The van der Waals surface area contributed by atoms with Crippen LogP contribution in [0.4, 0.5) is 0 Å². The van der Waals surface area contributed by atoms with Gasteiger partial charge in [0.2, 0.25) is 0 Å². The van der Waals surface area contributed by atoms with E-state index in [1.807, 2.05) is 0 Å². The van der Waals surface area contributed by atoms with Crippen molar-refractivity contribution >= 4 is 16.2 Å². The van der Waals surface area contributed by atoms with Gasteiger partial charge in [-0.3, -0.25) is 0 Å². The van der Waals surface area contributed by atoms with Crippen LogP contribution in [-0.2, 0) is 9.16 Å². The molecule has 3 nitrogen and oxygen atoms in total. The Morgan fingerprint density at radius 2 is 2.00 bits per heavy atom. The van der Waals surface area contributed by atoms with Crippen molar-refractivity contribution in [1.82, 2.24) is 0 Å². The number of hydrogen-bond acceptors (Lipinski definition) is 3. The maximum Gasteiger partial charge on any atom is 0.192 e. The van der Waals surface area contributed by atoms with E-state index in [0.29, 0.717) is 6.61 Å². The summed E-state index contributed by atoms with van der Waals surface area (Å²) in [5, 5.41) is 0.251. The number of nitrogens with two attached hydrogens (primary N) is 1. The molecular formula is C11H26BNO2Si. The van der Waals surface area contributed by atoms with E-state index in [2.05, 4.69) is 41.7 Å². The summed E-state index contributed by atoms with van der Waals surface area (Å²) in [5.74, 6) is 0. The van der Waals surface area contributed by atoms with Gasteiger partial charge in [-0.1, -0.05) is 20.8 Å². The van der Waals surface area contributed by atoms with Crippen molar-refractivity contribution in [3.8, 4) is 0 Å². The van der Waals surface area contributed by atoms with Crippen molar-refractivity contribution in [3.05, 3.63) is 0 Å². The van der Waals surface area contributed by atoms with Gasteiger partial charge < -0.3 is 14.9 Å². The molecule has 94 valence electrons. The van der Waals surface area contributed by atoms with Crippen LogP contribution in [0.1, 0.15) is 27.2 Å². The van der Waals surface area contributed by atoms with E-state index < -0.39 is 8.32 Å². The third kappa shape index (κ3) is 3.33. The number of hydrogen-bond donors (Lipinski definition) is 1. The van der Waals surface area contributed by atoms with Crippen LogP contribution >= 0.6 is 0 Å². The van der Waals surface area contributed by atoms with Crippen LogP contribution in [0.15, 0.2) is 0 Å². The molecule has 0 aromatic rings. The van der Waals surface area contributed by atoms with Crippen LogP contribution in [-0.4, -0.2) is 40.9 Å². The van der Waals surface area contributed by atoms with E-state index >= 15 is 0 Å². The molecular weight excluding hydrogens is 217 g/mol. The summed E-state index contributed by atoms with van der Waals surface area (Å²) in [4.78, 5) is 0. The van der Waals surface area contributed by atoms with E-state index in [0.717, 1.165) is 6.42 Å². The first-order valence-electron chi connectivity index (χ1n) is 6.18. The zero-order valence-corrected chi connectivity index (χ0v) is 12.5. The lowest BCUT2D eigenvalue weighted by molar-refractivity contribution is 0.0415.